The summed E-state index contributed by atoms with van der Waals surface area (Å²) in [6, 6.07) is 1.96. The first-order valence-electron chi connectivity index (χ1n) is 37.7. The van der Waals surface area contributed by atoms with Gasteiger partial charge in [-0.1, -0.05) is 105 Å². The minimum atomic E-state index is -2.74. The summed E-state index contributed by atoms with van der Waals surface area (Å²) in [6.45, 7) is -1.16. The SMILES string of the molecule is CC(CCc1ccccc1)C[C@H](O)[C@H]1CC(=O)N[C@@H](CO)C(=O)N[C@@H]2C[n+]3cc(n([C@H]4OC[C@@H](O)[C@@H](O)[C@@H]4O)c3)C[C@H](NC(=O)CCC[C@@H](C(=O)[O-])NC(=O)[C@H](O)CNC(=O)[C@H]([C@@H](C)c3ccccc3)NC(=O)[C@H]([C@@H](O)C(N)=O)NC(=O)[C@H](CC(N)=O)NC2=O)C(=O)N[C@@H]([C@H](C)O)C(=O)N[C@@H](CO)C(=O)N[C@@H](Cc2ccccc2)C(=O)N1. The van der Waals surface area contributed by atoms with E-state index in [1.54, 1.807) is 43.3 Å². The van der Waals surface area contributed by atoms with Gasteiger partial charge >= 0.3 is 0 Å². The topological polar surface area (TPSA) is 676 Å². The summed E-state index contributed by atoms with van der Waals surface area (Å²) in [5, 5.41) is 141. The van der Waals surface area contributed by atoms with Gasteiger partial charge in [0.25, 0.3) is 5.91 Å². The van der Waals surface area contributed by atoms with E-state index in [1.807, 2.05) is 41.0 Å². The van der Waals surface area contributed by atoms with Crippen molar-refractivity contribution in [2.75, 3.05) is 26.4 Å². The van der Waals surface area contributed by atoms with E-state index in [-0.39, 0.29) is 24.5 Å². The number of hydrogen-bond donors (Lipinski definition) is 23. The van der Waals surface area contributed by atoms with Crippen molar-refractivity contribution in [2.24, 2.45) is 17.4 Å². The molecule has 1 saturated heterocycles. The Labute approximate surface area is 669 Å². The summed E-state index contributed by atoms with van der Waals surface area (Å²) < 4.78 is 7.77. The molecule has 3 aromatic carbocycles. The Kier molecular flexibility index (Phi) is 34.9. The Morgan fingerprint density at radius 1 is 0.581 bits per heavy atom. The summed E-state index contributed by atoms with van der Waals surface area (Å²) in [4.78, 5) is 214. The van der Waals surface area contributed by atoms with Gasteiger partial charge in [-0.05, 0) is 61.6 Å². The number of imidazole rings is 1. The third-order valence-corrected chi connectivity index (χ3v) is 19.9. The van der Waals surface area contributed by atoms with Crippen LogP contribution in [0.4, 0.5) is 0 Å². The second-order valence-electron chi connectivity index (χ2n) is 29.1. The summed E-state index contributed by atoms with van der Waals surface area (Å²) in [7, 11) is 0. The van der Waals surface area contributed by atoms with Crippen LogP contribution in [0, 0.1) is 5.92 Å². The molecule has 1 aromatic heterocycles. The maximum atomic E-state index is 15.3. The highest BCUT2D eigenvalue weighted by molar-refractivity contribution is 6.01. The number of β-amino-alcohol motifs (C(OH)–C–C–N with tert-alkyl or cyclic N) is 1. The summed E-state index contributed by atoms with van der Waals surface area (Å²) >= 11 is 0. The van der Waals surface area contributed by atoms with Gasteiger partial charge in [0.2, 0.25) is 89.3 Å². The molecule has 25 N–H and O–H groups in total. The van der Waals surface area contributed by atoms with E-state index in [2.05, 4.69) is 53.2 Å². The number of ether oxygens (including phenoxy) is 1. The first-order valence-corrected chi connectivity index (χ1v) is 37.7. The maximum Gasteiger partial charge on any atom is 0.251 e. The molecule has 1 unspecified atom stereocenters. The number of nitrogens with one attached hydrogen (secondary N) is 12. The molecule has 14 amide bonds. The Morgan fingerprint density at radius 2 is 1.14 bits per heavy atom. The zero-order valence-electron chi connectivity index (χ0n) is 64.1. The molecule has 4 bridgehead atoms. The number of carboxylic acids is 1. The normalized spacial score (nSPS) is 28.1. The van der Waals surface area contributed by atoms with Gasteiger partial charge < -0.3 is 136 Å². The molecular weight excluding hydrogens is 1540 g/mol. The van der Waals surface area contributed by atoms with Gasteiger partial charge in [-0.15, -0.1) is 0 Å². The highest BCUT2D eigenvalue weighted by Gasteiger charge is 2.46. The number of hydrogen-bond acceptors (Lipinski definition) is 26. The smallest absolute Gasteiger partial charge is 0.251 e. The zero-order chi connectivity index (χ0) is 86.1. The zero-order valence-corrected chi connectivity index (χ0v) is 64.1. The van der Waals surface area contributed by atoms with E-state index >= 15 is 9.59 Å². The largest absolute Gasteiger partial charge is 0.548 e. The molecule has 3 aliphatic heterocycles. The number of aliphatic hydroxyl groups excluding tert-OH is 9. The van der Waals surface area contributed by atoms with Gasteiger partial charge in [-0.3, -0.25) is 67.1 Å². The van der Waals surface area contributed by atoms with Crippen molar-refractivity contribution >= 4 is 88.7 Å². The minimum absolute atomic E-state index is 0.118. The van der Waals surface area contributed by atoms with Crippen molar-refractivity contribution in [3.63, 3.8) is 0 Å². The molecule has 0 spiro atoms. The van der Waals surface area contributed by atoms with E-state index in [9.17, 15) is 113 Å². The lowest BCUT2D eigenvalue weighted by Crippen LogP contribution is -2.64. The molecule has 117 heavy (non-hydrogen) atoms. The van der Waals surface area contributed by atoms with Crippen LogP contribution in [0.25, 0.3) is 0 Å². The highest BCUT2D eigenvalue weighted by Crippen LogP contribution is 2.27. The van der Waals surface area contributed by atoms with Crippen LogP contribution >= 0.6 is 0 Å². The van der Waals surface area contributed by atoms with Crippen molar-refractivity contribution in [1.29, 1.82) is 0 Å². The van der Waals surface area contributed by atoms with Gasteiger partial charge in [-0.25, -0.2) is 9.13 Å². The Balaban J connectivity index is 1.41. The Bertz CT molecular complexity index is 4150. The number of primary amides is 2. The molecule has 0 saturated carbocycles. The third-order valence-electron chi connectivity index (χ3n) is 19.9. The Hall–Kier alpha value is -11.5. The van der Waals surface area contributed by atoms with Gasteiger partial charge in [-0.2, -0.15) is 0 Å². The predicted octanol–water partition coefficient (Wildman–Crippen LogP) is -11.8. The lowest BCUT2D eigenvalue weighted by atomic mass is 9.91. The Morgan fingerprint density at radius 3 is 1.75 bits per heavy atom. The number of amides is 14. The number of carboxylic acid groups (broad SMARTS) is 1. The van der Waals surface area contributed by atoms with Gasteiger partial charge in [0.15, 0.2) is 6.10 Å². The van der Waals surface area contributed by atoms with Crippen LogP contribution in [0.5, 0.6) is 0 Å². The van der Waals surface area contributed by atoms with Crippen LogP contribution in [-0.4, -0.2) is 275 Å². The average molecular weight is 1640 g/mol. The quantitative estimate of drug-likeness (QED) is 0.0388. The van der Waals surface area contributed by atoms with Crippen LogP contribution in [-0.2, 0) is 102 Å². The number of benzene rings is 3. The number of carbonyl (C=O) groups is 15. The van der Waals surface area contributed by atoms with Crippen molar-refractivity contribution in [3.8, 4) is 0 Å². The van der Waals surface area contributed by atoms with Crippen molar-refractivity contribution in [3.05, 3.63) is 126 Å². The van der Waals surface area contributed by atoms with Crippen LogP contribution in [0.2, 0.25) is 0 Å². The number of fused-ring (bicyclic) bond motifs is 2. The number of aromatic nitrogens is 2. The van der Waals surface area contributed by atoms with Crippen LogP contribution in [0.1, 0.15) is 100 Å². The van der Waals surface area contributed by atoms with Crippen LogP contribution < -0.4 is 84.9 Å². The molecule has 1 fully saturated rings. The van der Waals surface area contributed by atoms with Gasteiger partial charge in [0, 0.05) is 31.6 Å². The summed E-state index contributed by atoms with van der Waals surface area (Å²) in [5.74, 6) is -22.9. The average Bonchev–Trinajstić information content (AvgIpc) is 1.66. The molecule has 4 aromatic rings. The number of nitrogens with two attached hydrogens (primary N) is 2. The van der Waals surface area contributed by atoms with Crippen molar-refractivity contribution in [1.82, 2.24) is 68.4 Å². The van der Waals surface area contributed by atoms with E-state index in [1.165, 1.54) is 31.2 Å². The standard InChI is InChI=1S/C75H102N16O26/c1-36(22-23-39-14-7-4-8-15-39)24-51(95)44-28-56(100)80-49(32-92)68(109)85-48-31-90-30-42(91(35-90)74-62(103)60(101)53(97)34-117-74)26-46(65(106)88-58(38(3)94)72(113)86-50(33-93)69(110)83-45(64(105)82-44)25-40-16-9-5-10-17-40)79-55(99)21-13-20-43(75(115)116)81-70(111)52(96)29-78-71(112)57(37(2)41-18-11-6-12-19-41)87-73(114)59(61(102)63(77)104)89-66(107)47(27-54(76)98)84-67(48)108/h4-12,14-19,30,35-38,43-53,57-62,74,92-97,101-103H,13,20-29,31-34H2,1-3H3,(H16-,76,77,78,79,80,81,82,83,84,85,86,87,88,89,98,99,100,104,105,106,107,108,109,110,111,112,113,114,115,116)/t36?,37-,38-,43-,44+,45-,46-,47-,48+,49-,50-,51-,52+,53+,57-,58-,59-,60+,61+,62-,74-/m0/s1. The number of rotatable bonds is 19. The lowest BCUT2D eigenvalue weighted by molar-refractivity contribution is -0.697. The molecule has 3 aliphatic rings. The number of carbonyl (C=O) groups excluding carboxylic acids is 15. The van der Waals surface area contributed by atoms with Gasteiger partial charge in [0.05, 0.1) is 63.0 Å². The molecule has 42 nitrogen and oxygen atoms in total. The number of aliphatic hydroxyl groups is 9. The minimum Gasteiger partial charge on any atom is -0.548 e. The molecule has 0 aliphatic carbocycles. The molecule has 7 rings (SSSR count). The maximum absolute atomic E-state index is 15.3. The third kappa shape index (κ3) is 27.1. The summed E-state index contributed by atoms with van der Waals surface area (Å²) in [5.41, 5.74) is 12.4. The van der Waals surface area contributed by atoms with E-state index in [0.29, 0.717) is 24.0 Å². The highest BCUT2D eigenvalue weighted by atomic mass is 16.5. The van der Waals surface area contributed by atoms with E-state index < -0.39 is 281 Å². The fourth-order valence-corrected chi connectivity index (χ4v) is 13.2. The van der Waals surface area contributed by atoms with E-state index in [0.717, 1.165) is 34.1 Å². The molecular formula is C75H102N16O26. The number of aryl methyl sites for hydroxylation is 1. The fraction of sp³-hybridized carbons (Fsp3) is 0.520. The monoisotopic (exact) mass is 1640 g/mol. The molecule has 42 heteroatoms. The first kappa shape index (κ1) is 92.7. The van der Waals surface area contributed by atoms with Crippen molar-refractivity contribution < 1.29 is 132 Å². The van der Waals surface area contributed by atoms with Crippen LogP contribution in [0.3, 0.4) is 0 Å². The molecule has 4 heterocycles. The number of aliphatic carboxylic acids is 1. The predicted molar refractivity (Wildman–Crippen MR) is 399 cm³/mol. The van der Waals surface area contributed by atoms with E-state index in [4.69, 9.17) is 16.2 Å². The summed E-state index contributed by atoms with van der Waals surface area (Å²) in [6.07, 6.45) is -18.9. The first-order chi connectivity index (χ1) is 55.5. The van der Waals surface area contributed by atoms with Crippen molar-refractivity contribution in [2.45, 2.75) is 213 Å². The second-order valence-corrected chi connectivity index (χ2v) is 29.1. The van der Waals surface area contributed by atoms with Gasteiger partial charge in [0.1, 0.15) is 97.2 Å². The lowest BCUT2D eigenvalue weighted by Gasteiger charge is -2.33. The fourth-order valence-electron chi connectivity index (χ4n) is 13.2. The molecule has 0 radical (unpaired) electrons. The molecule has 21 atom stereocenters. The molecule has 638 valence electrons. The number of nitrogens with zero attached hydrogens (tertiary/aromatic N) is 2. The van der Waals surface area contributed by atoms with Crippen LogP contribution in [0.15, 0.2) is 104 Å². The second kappa shape index (κ2) is 44.0.